The van der Waals surface area contributed by atoms with Gasteiger partial charge in [0.25, 0.3) is 0 Å². The number of aromatic nitrogens is 2. The molecule has 1 aliphatic rings. The number of piperidine rings is 1. The van der Waals surface area contributed by atoms with Crippen LogP contribution in [0.1, 0.15) is 26.2 Å². The first kappa shape index (κ1) is 18.4. The summed E-state index contributed by atoms with van der Waals surface area (Å²) < 4.78 is 38.6. The van der Waals surface area contributed by atoms with E-state index in [2.05, 4.69) is 25.6 Å². The summed E-state index contributed by atoms with van der Waals surface area (Å²) in [7, 11) is 1.87. The van der Waals surface area contributed by atoms with Crippen molar-refractivity contribution < 1.29 is 13.2 Å². The number of halogens is 3. The topological polar surface area (TPSA) is 57.5 Å². The number of hydrogen-bond donors (Lipinski definition) is 2. The van der Waals surface area contributed by atoms with Crippen molar-refractivity contribution in [1.82, 2.24) is 20.4 Å². The van der Waals surface area contributed by atoms with E-state index in [0.717, 1.165) is 31.6 Å². The van der Waals surface area contributed by atoms with E-state index in [9.17, 15) is 13.2 Å². The summed E-state index contributed by atoms with van der Waals surface area (Å²) in [5.41, 5.74) is 1.06. The molecule has 1 unspecified atom stereocenters. The molecule has 1 aromatic heterocycles. The van der Waals surface area contributed by atoms with Gasteiger partial charge in [0.05, 0.1) is 24.8 Å². The predicted molar refractivity (Wildman–Crippen MR) is 88.2 cm³/mol. The largest absolute Gasteiger partial charge is 0.390 e. The molecule has 0 saturated carbocycles. The summed E-state index contributed by atoms with van der Waals surface area (Å²) in [4.78, 5) is 6.26. The SMILES string of the molecule is CCNC(=NCCC(F)(F)F)NC1CCCN(c2cnn(C)c2)C1. The summed E-state index contributed by atoms with van der Waals surface area (Å²) in [5, 5.41) is 10.4. The Labute approximate surface area is 140 Å². The van der Waals surface area contributed by atoms with Crippen molar-refractivity contribution in [2.45, 2.75) is 38.4 Å². The number of aliphatic imine (C=N–C) groups is 1. The third kappa shape index (κ3) is 5.93. The zero-order valence-electron chi connectivity index (χ0n) is 14.1. The number of nitrogens with one attached hydrogen (secondary N) is 2. The standard InChI is InChI=1S/C15H25F3N6/c1-3-19-14(20-7-6-15(16,17)18)22-12-5-4-8-24(10-12)13-9-21-23(2)11-13/h9,11-12H,3-8,10H2,1-2H3,(H2,19,20,22). The van der Waals surface area contributed by atoms with E-state index in [1.165, 1.54) is 0 Å². The van der Waals surface area contributed by atoms with Crippen LogP contribution in [0.25, 0.3) is 0 Å². The Balaban J connectivity index is 1.91. The molecule has 1 aliphatic heterocycles. The van der Waals surface area contributed by atoms with Gasteiger partial charge in [-0.1, -0.05) is 0 Å². The zero-order valence-corrected chi connectivity index (χ0v) is 14.1. The van der Waals surface area contributed by atoms with E-state index in [-0.39, 0.29) is 12.6 Å². The molecule has 6 nitrogen and oxygen atoms in total. The van der Waals surface area contributed by atoms with E-state index in [0.29, 0.717) is 12.5 Å². The van der Waals surface area contributed by atoms with E-state index < -0.39 is 12.6 Å². The normalized spacial score (nSPS) is 19.5. The number of hydrogen-bond acceptors (Lipinski definition) is 3. The first-order chi connectivity index (χ1) is 11.4. The highest BCUT2D eigenvalue weighted by atomic mass is 19.4. The molecule has 2 heterocycles. The van der Waals surface area contributed by atoms with Crippen molar-refractivity contribution in [3.05, 3.63) is 12.4 Å². The molecule has 1 atom stereocenters. The lowest BCUT2D eigenvalue weighted by Gasteiger charge is -2.34. The van der Waals surface area contributed by atoms with Crippen LogP contribution >= 0.6 is 0 Å². The van der Waals surface area contributed by atoms with Crippen LogP contribution in [0.15, 0.2) is 17.4 Å². The maximum Gasteiger partial charge on any atom is 0.390 e. The molecule has 1 saturated heterocycles. The second-order valence-electron chi connectivity index (χ2n) is 5.93. The molecule has 0 bridgehead atoms. The fourth-order valence-corrected chi connectivity index (χ4v) is 2.71. The van der Waals surface area contributed by atoms with E-state index in [1.807, 2.05) is 26.4 Å². The lowest BCUT2D eigenvalue weighted by Crippen LogP contribution is -2.51. The van der Waals surface area contributed by atoms with E-state index in [4.69, 9.17) is 0 Å². The van der Waals surface area contributed by atoms with Gasteiger partial charge in [-0.25, -0.2) is 0 Å². The average molecular weight is 346 g/mol. The van der Waals surface area contributed by atoms with Crippen molar-refractivity contribution >= 4 is 11.6 Å². The second-order valence-corrected chi connectivity index (χ2v) is 5.93. The van der Waals surface area contributed by atoms with E-state index in [1.54, 1.807) is 4.68 Å². The maximum absolute atomic E-state index is 12.3. The molecule has 24 heavy (non-hydrogen) atoms. The number of aryl methyl sites for hydroxylation is 1. The van der Waals surface area contributed by atoms with Crippen molar-refractivity contribution in [3.63, 3.8) is 0 Å². The van der Waals surface area contributed by atoms with Crippen LogP contribution in [0.3, 0.4) is 0 Å². The highest BCUT2D eigenvalue weighted by molar-refractivity contribution is 5.80. The maximum atomic E-state index is 12.3. The summed E-state index contributed by atoms with van der Waals surface area (Å²) in [5.74, 6) is 0.444. The number of anilines is 1. The summed E-state index contributed by atoms with van der Waals surface area (Å²) in [6, 6.07) is 0.141. The van der Waals surface area contributed by atoms with Gasteiger partial charge in [0.1, 0.15) is 0 Å². The van der Waals surface area contributed by atoms with Gasteiger partial charge in [-0.3, -0.25) is 9.67 Å². The van der Waals surface area contributed by atoms with Gasteiger partial charge >= 0.3 is 6.18 Å². The third-order valence-electron chi connectivity index (χ3n) is 3.83. The lowest BCUT2D eigenvalue weighted by atomic mass is 10.1. The molecule has 1 fully saturated rings. The Kier molecular flexibility index (Phi) is 6.33. The third-order valence-corrected chi connectivity index (χ3v) is 3.83. The minimum Gasteiger partial charge on any atom is -0.367 e. The Morgan fingerprint density at radius 3 is 2.88 bits per heavy atom. The van der Waals surface area contributed by atoms with Gasteiger partial charge in [-0.2, -0.15) is 18.3 Å². The molecule has 136 valence electrons. The Bertz CT molecular complexity index is 540. The van der Waals surface area contributed by atoms with Gasteiger partial charge in [0, 0.05) is 38.9 Å². The lowest BCUT2D eigenvalue weighted by molar-refractivity contribution is -0.132. The van der Waals surface area contributed by atoms with Crippen LogP contribution in [0, 0.1) is 0 Å². The summed E-state index contributed by atoms with van der Waals surface area (Å²) in [6.07, 6.45) is 0.670. The number of guanidine groups is 1. The highest BCUT2D eigenvalue weighted by Gasteiger charge is 2.26. The van der Waals surface area contributed by atoms with Gasteiger partial charge in [-0.05, 0) is 19.8 Å². The Morgan fingerprint density at radius 1 is 1.46 bits per heavy atom. The van der Waals surface area contributed by atoms with Crippen LogP contribution in [-0.2, 0) is 7.05 Å². The number of alkyl halides is 3. The van der Waals surface area contributed by atoms with E-state index >= 15 is 0 Å². The minimum absolute atomic E-state index is 0.141. The van der Waals surface area contributed by atoms with Gasteiger partial charge in [0.15, 0.2) is 5.96 Å². The van der Waals surface area contributed by atoms with Crippen molar-refractivity contribution in [1.29, 1.82) is 0 Å². The molecular formula is C15H25F3N6. The second kappa shape index (κ2) is 8.25. The van der Waals surface area contributed by atoms with Crippen molar-refractivity contribution in [2.24, 2.45) is 12.0 Å². The number of nitrogens with zero attached hydrogens (tertiary/aromatic N) is 4. The molecule has 2 N–H and O–H groups in total. The molecule has 0 aromatic carbocycles. The first-order valence-electron chi connectivity index (χ1n) is 8.22. The zero-order chi connectivity index (χ0) is 17.6. The molecule has 0 radical (unpaired) electrons. The fourth-order valence-electron chi connectivity index (χ4n) is 2.71. The molecule has 0 spiro atoms. The Morgan fingerprint density at radius 2 is 2.25 bits per heavy atom. The van der Waals surface area contributed by atoms with Crippen LogP contribution < -0.4 is 15.5 Å². The monoisotopic (exact) mass is 346 g/mol. The molecule has 9 heteroatoms. The van der Waals surface area contributed by atoms with Crippen LogP contribution in [-0.4, -0.2) is 54.1 Å². The smallest absolute Gasteiger partial charge is 0.367 e. The van der Waals surface area contributed by atoms with Crippen molar-refractivity contribution in [3.8, 4) is 0 Å². The first-order valence-corrected chi connectivity index (χ1v) is 8.22. The molecular weight excluding hydrogens is 321 g/mol. The average Bonchev–Trinajstić information content (AvgIpc) is 2.93. The van der Waals surface area contributed by atoms with Crippen LogP contribution in [0.5, 0.6) is 0 Å². The molecule has 0 aliphatic carbocycles. The molecule has 2 rings (SSSR count). The highest BCUT2D eigenvalue weighted by Crippen LogP contribution is 2.20. The summed E-state index contributed by atoms with van der Waals surface area (Å²) >= 11 is 0. The molecule has 1 aromatic rings. The van der Waals surface area contributed by atoms with Gasteiger partial charge < -0.3 is 15.5 Å². The van der Waals surface area contributed by atoms with Gasteiger partial charge in [0.2, 0.25) is 0 Å². The van der Waals surface area contributed by atoms with Crippen LogP contribution in [0.2, 0.25) is 0 Å². The summed E-state index contributed by atoms with van der Waals surface area (Å²) in [6.45, 7) is 3.96. The fraction of sp³-hybridized carbons (Fsp3) is 0.733. The molecule has 0 amide bonds. The van der Waals surface area contributed by atoms with Crippen LogP contribution in [0.4, 0.5) is 18.9 Å². The Hall–Kier alpha value is -1.93. The van der Waals surface area contributed by atoms with Gasteiger partial charge in [-0.15, -0.1) is 0 Å². The quantitative estimate of drug-likeness (QED) is 0.632. The minimum atomic E-state index is -4.18. The van der Waals surface area contributed by atoms with Crippen molar-refractivity contribution in [2.75, 3.05) is 31.1 Å². The number of rotatable bonds is 5. The predicted octanol–water partition coefficient (Wildman–Crippen LogP) is 1.90.